The zero-order valence-electron chi connectivity index (χ0n) is 14.0. The van der Waals surface area contributed by atoms with Crippen LogP contribution in [0, 0.1) is 5.92 Å². The number of carboxylic acids is 1. The maximum absolute atomic E-state index is 12.6. The first-order valence-electron chi connectivity index (χ1n) is 8.01. The highest BCUT2D eigenvalue weighted by molar-refractivity contribution is 5.94. The van der Waals surface area contributed by atoms with E-state index in [2.05, 4.69) is 5.32 Å². The molecule has 0 unspecified atom stereocenters. The molecular weight excluding hydrogens is 316 g/mol. The van der Waals surface area contributed by atoms with E-state index in [-0.39, 0.29) is 12.5 Å². The molecule has 1 aliphatic rings. The molecule has 0 saturated carbocycles. The highest BCUT2D eigenvalue weighted by atomic mass is 16.4. The van der Waals surface area contributed by atoms with Gasteiger partial charge in [-0.15, -0.1) is 0 Å². The van der Waals surface area contributed by atoms with E-state index in [1.54, 1.807) is 0 Å². The summed E-state index contributed by atoms with van der Waals surface area (Å²) >= 11 is 0. The van der Waals surface area contributed by atoms with E-state index in [1.165, 1.54) is 4.90 Å². The zero-order chi connectivity index (χ0) is 18.4. The quantitative estimate of drug-likeness (QED) is 0.434. The number of hydrogen-bond donors (Lipinski definition) is 4. The molecule has 9 nitrogen and oxygen atoms in total. The number of aliphatic carboxylic acids is 1. The molecule has 1 heterocycles. The van der Waals surface area contributed by atoms with E-state index >= 15 is 0 Å². The molecule has 1 rings (SSSR count). The molecule has 3 amide bonds. The molecular formula is C15H26N4O5. The van der Waals surface area contributed by atoms with E-state index in [9.17, 15) is 24.3 Å². The lowest BCUT2D eigenvalue weighted by molar-refractivity contribution is -0.149. The summed E-state index contributed by atoms with van der Waals surface area (Å²) in [6.45, 7) is 4.07. The number of amides is 3. The van der Waals surface area contributed by atoms with Crippen LogP contribution in [0.3, 0.4) is 0 Å². The molecule has 1 saturated heterocycles. The summed E-state index contributed by atoms with van der Waals surface area (Å²) in [6.07, 6.45) is 0.907. The van der Waals surface area contributed by atoms with Gasteiger partial charge in [-0.3, -0.25) is 14.4 Å². The minimum Gasteiger partial charge on any atom is -0.480 e. The Morgan fingerprint density at radius 3 is 2.42 bits per heavy atom. The second-order valence-electron chi connectivity index (χ2n) is 6.50. The first kappa shape index (κ1) is 19.9. The van der Waals surface area contributed by atoms with Crippen molar-refractivity contribution in [1.29, 1.82) is 0 Å². The van der Waals surface area contributed by atoms with Crippen molar-refractivity contribution in [3.63, 3.8) is 0 Å². The number of rotatable bonds is 8. The summed E-state index contributed by atoms with van der Waals surface area (Å²) in [5, 5.41) is 11.6. The third-order valence-electron chi connectivity index (χ3n) is 3.90. The molecule has 9 heteroatoms. The molecule has 136 valence electrons. The smallest absolute Gasteiger partial charge is 0.326 e. The van der Waals surface area contributed by atoms with Gasteiger partial charge in [0.25, 0.3) is 0 Å². The molecule has 0 aliphatic carbocycles. The van der Waals surface area contributed by atoms with Crippen molar-refractivity contribution in [1.82, 2.24) is 10.2 Å². The molecule has 3 atom stereocenters. The third kappa shape index (κ3) is 5.48. The van der Waals surface area contributed by atoms with E-state index in [0.717, 1.165) is 0 Å². The Balaban J connectivity index is 2.84. The highest BCUT2D eigenvalue weighted by Gasteiger charge is 2.38. The Labute approximate surface area is 140 Å². The molecule has 0 aromatic carbocycles. The number of carboxylic acid groups (broad SMARTS) is 1. The van der Waals surface area contributed by atoms with Gasteiger partial charge in [-0.1, -0.05) is 13.8 Å². The van der Waals surface area contributed by atoms with Gasteiger partial charge in [0.2, 0.25) is 17.7 Å². The van der Waals surface area contributed by atoms with Crippen molar-refractivity contribution >= 4 is 23.7 Å². The van der Waals surface area contributed by atoms with Crippen LogP contribution in [0.15, 0.2) is 0 Å². The van der Waals surface area contributed by atoms with Crippen molar-refractivity contribution in [2.75, 3.05) is 6.54 Å². The van der Waals surface area contributed by atoms with Crippen molar-refractivity contribution in [3.8, 4) is 0 Å². The SMILES string of the molecule is CC(C)C[C@H](N)C(=O)N[C@@H](CC(N)=O)C(=O)N1CCC[C@H]1C(=O)O. The standard InChI is InChI=1S/C15H26N4O5/c1-8(2)6-9(16)13(21)18-10(7-12(17)20)14(22)19-5-3-4-11(19)15(23)24/h8-11H,3-7,16H2,1-2H3,(H2,17,20)(H,18,21)(H,23,24)/t9-,10-,11-/m0/s1. The zero-order valence-corrected chi connectivity index (χ0v) is 14.0. The molecule has 6 N–H and O–H groups in total. The van der Waals surface area contributed by atoms with Gasteiger partial charge in [0.15, 0.2) is 0 Å². The highest BCUT2D eigenvalue weighted by Crippen LogP contribution is 2.19. The summed E-state index contributed by atoms with van der Waals surface area (Å²) in [7, 11) is 0. The monoisotopic (exact) mass is 342 g/mol. The molecule has 0 aromatic rings. The normalized spacial score (nSPS) is 19.8. The van der Waals surface area contributed by atoms with E-state index < -0.39 is 48.2 Å². The summed E-state index contributed by atoms with van der Waals surface area (Å²) < 4.78 is 0. The number of carbonyl (C=O) groups excluding carboxylic acids is 3. The van der Waals surface area contributed by atoms with Crippen LogP contribution in [0.25, 0.3) is 0 Å². The Kier molecular flexibility index (Phi) is 7.15. The molecule has 1 aliphatic heterocycles. The number of primary amides is 1. The predicted octanol–water partition coefficient (Wildman–Crippen LogP) is -1.20. The second kappa shape index (κ2) is 8.62. The van der Waals surface area contributed by atoms with Crippen molar-refractivity contribution in [3.05, 3.63) is 0 Å². The fourth-order valence-electron chi connectivity index (χ4n) is 2.78. The van der Waals surface area contributed by atoms with Gasteiger partial charge >= 0.3 is 5.97 Å². The van der Waals surface area contributed by atoms with Crippen LogP contribution in [0.1, 0.15) is 39.5 Å². The van der Waals surface area contributed by atoms with E-state index in [4.69, 9.17) is 11.5 Å². The maximum Gasteiger partial charge on any atom is 0.326 e. The molecule has 0 spiro atoms. The van der Waals surface area contributed by atoms with Gasteiger partial charge in [0.1, 0.15) is 12.1 Å². The van der Waals surface area contributed by atoms with Crippen molar-refractivity contribution < 1.29 is 24.3 Å². The van der Waals surface area contributed by atoms with Gasteiger partial charge < -0.3 is 26.8 Å². The van der Waals surface area contributed by atoms with Gasteiger partial charge in [0, 0.05) is 6.54 Å². The lowest BCUT2D eigenvalue weighted by Gasteiger charge is -2.27. The summed E-state index contributed by atoms with van der Waals surface area (Å²) in [6, 6.07) is -2.97. The molecule has 0 aromatic heterocycles. The number of likely N-dealkylation sites (tertiary alicyclic amines) is 1. The molecule has 1 fully saturated rings. The molecule has 24 heavy (non-hydrogen) atoms. The number of nitrogens with two attached hydrogens (primary N) is 2. The van der Waals surface area contributed by atoms with Crippen LogP contribution in [-0.2, 0) is 19.2 Å². The van der Waals surface area contributed by atoms with Crippen molar-refractivity contribution in [2.45, 2.75) is 57.7 Å². The van der Waals surface area contributed by atoms with E-state index in [1.807, 2.05) is 13.8 Å². The van der Waals surface area contributed by atoms with Crippen LogP contribution in [0.2, 0.25) is 0 Å². The molecule has 0 bridgehead atoms. The Bertz CT molecular complexity index is 508. The first-order chi connectivity index (χ1) is 11.1. The number of nitrogens with zero attached hydrogens (tertiary/aromatic N) is 1. The van der Waals surface area contributed by atoms with Crippen LogP contribution >= 0.6 is 0 Å². The summed E-state index contributed by atoms with van der Waals surface area (Å²) in [5.74, 6) is -2.87. The average molecular weight is 342 g/mol. The Morgan fingerprint density at radius 2 is 1.92 bits per heavy atom. The summed E-state index contributed by atoms with van der Waals surface area (Å²) in [4.78, 5) is 48.3. The molecule has 0 radical (unpaired) electrons. The van der Waals surface area contributed by atoms with Crippen LogP contribution in [-0.4, -0.2) is 58.4 Å². The van der Waals surface area contributed by atoms with Gasteiger partial charge in [0.05, 0.1) is 12.5 Å². The first-order valence-corrected chi connectivity index (χ1v) is 8.01. The lowest BCUT2D eigenvalue weighted by Crippen LogP contribution is -2.55. The van der Waals surface area contributed by atoms with Gasteiger partial charge in [-0.05, 0) is 25.2 Å². The van der Waals surface area contributed by atoms with Crippen molar-refractivity contribution in [2.24, 2.45) is 17.4 Å². The minimum atomic E-state index is -1.20. The fraction of sp³-hybridized carbons (Fsp3) is 0.733. The number of nitrogens with one attached hydrogen (secondary N) is 1. The van der Waals surface area contributed by atoms with Crippen LogP contribution in [0.5, 0.6) is 0 Å². The lowest BCUT2D eigenvalue weighted by atomic mass is 10.0. The van der Waals surface area contributed by atoms with Gasteiger partial charge in [-0.25, -0.2) is 4.79 Å². The Hall–Kier alpha value is -2.16. The minimum absolute atomic E-state index is 0.186. The predicted molar refractivity (Wildman–Crippen MR) is 85.5 cm³/mol. The van der Waals surface area contributed by atoms with Crippen LogP contribution in [0.4, 0.5) is 0 Å². The average Bonchev–Trinajstić information content (AvgIpc) is 2.93. The summed E-state index contributed by atoms with van der Waals surface area (Å²) in [5.41, 5.74) is 10.9. The largest absolute Gasteiger partial charge is 0.480 e. The van der Waals surface area contributed by atoms with Crippen LogP contribution < -0.4 is 16.8 Å². The van der Waals surface area contributed by atoms with E-state index in [0.29, 0.717) is 19.3 Å². The van der Waals surface area contributed by atoms with Gasteiger partial charge in [-0.2, -0.15) is 0 Å². The number of carbonyl (C=O) groups is 4. The fourth-order valence-corrected chi connectivity index (χ4v) is 2.78. The maximum atomic E-state index is 12.6. The topological polar surface area (TPSA) is 156 Å². The second-order valence-corrected chi connectivity index (χ2v) is 6.50. The Morgan fingerprint density at radius 1 is 1.29 bits per heavy atom. The third-order valence-corrected chi connectivity index (χ3v) is 3.90. The number of hydrogen-bond acceptors (Lipinski definition) is 5.